The standard InChI is InChI=1S/C20H21N3O5/c1-25-15-8-6-5-7-12(15)11-21-23-20(24)14-9-13-10-16(26-2)18(27-3)19(28-4)17(13)22-14/h5-11,22H,1-4H3,(H,23,24)/b21-11-. The highest BCUT2D eigenvalue weighted by Crippen LogP contribution is 2.43. The monoisotopic (exact) mass is 383 g/mol. The number of ether oxygens (including phenoxy) is 4. The molecule has 0 saturated heterocycles. The molecule has 1 aromatic heterocycles. The minimum atomic E-state index is -0.401. The first-order chi connectivity index (χ1) is 13.6. The van der Waals surface area contributed by atoms with Crippen LogP contribution in [0.25, 0.3) is 10.9 Å². The highest BCUT2D eigenvalue weighted by atomic mass is 16.5. The van der Waals surface area contributed by atoms with E-state index < -0.39 is 5.91 Å². The SMILES string of the molecule is COc1ccccc1/C=N\NC(=O)c1cc2cc(OC)c(OC)c(OC)c2[nH]1. The second-order valence-corrected chi connectivity index (χ2v) is 5.73. The molecule has 3 rings (SSSR count). The van der Waals surface area contributed by atoms with Gasteiger partial charge in [-0.05, 0) is 24.3 Å². The minimum absolute atomic E-state index is 0.320. The predicted molar refractivity (Wildman–Crippen MR) is 106 cm³/mol. The molecule has 8 nitrogen and oxygen atoms in total. The van der Waals surface area contributed by atoms with Crippen molar-refractivity contribution in [2.45, 2.75) is 0 Å². The van der Waals surface area contributed by atoms with Gasteiger partial charge in [-0.2, -0.15) is 5.10 Å². The van der Waals surface area contributed by atoms with Crippen molar-refractivity contribution in [3.05, 3.63) is 47.7 Å². The van der Waals surface area contributed by atoms with Crippen LogP contribution in [0.3, 0.4) is 0 Å². The number of amides is 1. The number of H-pyrrole nitrogens is 1. The van der Waals surface area contributed by atoms with E-state index in [0.717, 1.165) is 10.9 Å². The number of rotatable bonds is 7. The van der Waals surface area contributed by atoms with Crippen LogP contribution in [0, 0.1) is 0 Å². The molecule has 0 fully saturated rings. The van der Waals surface area contributed by atoms with Crippen LogP contribution < -0.4 is 24.4 Å². The van der Waals surface area contributed by atoms with E-state index in [0.29, 0.717) is 34.2 Å². The first kappa shape index (κ1) is 19.1. The summed E-state index contributed by atoms with van der Waals surface area (Å²) in [5.41, 5.74) is 4.19. The summed E-state index contributed by atoms with van der Waals surface area (Å²) in [5.74, 6) is 1.67. The number of aromatic amines is 1. The molecule has 0 spiro atoms. The first-order valence-corrected chi connectivity index (χ1v) is 8.41. The Morgan fingerprint density at radius 1 is 0.964 bits per heavy atom. The van der Waals surface area contributed by atoms with Crippen molar-refractivity contribution in [1.82, 2.24) is 10.4 Å². The van der Waals surface area contributed by atoms with Gasteiger partial charge in [0.15, 0.2) is 11.5 Å². The molecule has 2 N–H and O–H groups in total. The summed E-state index contributed by atoms with van der Waals surface area (Å²) < 4.78 is 21.4. The maximum atomic E-state index is 12.5. The van der Waals surface area contributed by atoms with Crippen molar-refractivity contribution in [2.75, 3.05) is 28.4 Å². The van der Waals surface area contributed by atoms with Crippen LogP contribution in [0.1, 0.15) is 16.1 Å². The number of benzene rings is 2. The van der Waals surface area contributed by atoms with Crippen molar-refractivity contribution in [3.63, 3.8) is 0 Å². The van der Waals surface area contributed by atoms with E-state index in [-0.39, 0.29) is 0 Å². The van der Waals surface area contributed by atoms with Crippen molar-refractivity contribution in [2.24, 2.45) is 5.10 Å². The van der Waals surface area contributed by atoms with Gasteiger partial charge in [-0.1, -0.05) is 12.1 Å². The van der Waals surface area contributed by atoms with Crippen molar-refractivity contribution >= 4 is 23.0 Å². The molecule has 0 aliphatic rings. The van der Waals surface area contributed by atoms with Crippen LogP contribution in [-0.2, 0) is 0 Å². The molecule has 0 radical (unpaired) electrons. The largest absolute Gasteiger partial charge is 0.496 e. The summed E-state index contributed by atoms with van der Waals surface area (Å²) in [6, 6.07) is 10.8. The molecule has 0 aliphatic carbocycles. The van der Waals surface area contributed by atoms with E-state index >= 15 is 0 Å². The highest BCUT2D eigenvalue weighted by molar-refractivity contribution is 6.01. The predicted octanol–water partition coefficient (Wildman–Crippen LogP) is 2.97. The quantitative estimate of drug-likeness (QED) is 0.483. The van der Waals surface area contributed by atoms with E-state index in [1.54, 1.807) is 19.2 Å². The second kappa shape index (κ2) is 8.34. The number of carbonyl (C=O) groups is 1. The topological polar surface area (TPSA) is 94.2 Å². The van der Waals surface area contributed by atoms with Crippen LogP contribution in [-0.4, -0.2) is 45.5 Å². The number of nitrogens with zero attached hydrogens (tertiary/aromatic N) is 1. The zero-order valence-electron chi connectivity index (χ0n) is 16.0. The normalized spacial score (nSPS) is 10.9. The number of hydrazone groups is 1. The van der Waals surface area contributed by atoms with Gasteiger partial charge >= 0.3 is 0 Å². The van der Waals surface area contributed by atoms with E-state index in [2.05, 4.69) is 15.5 Å². The second-order valence-electron chi connectivity index (χ2n) is 5.73. The zero-order chi connectivity index (χ0) is 20.1. The summed E-state index contributed by atoms with van der Waals surface area (Å²) >= 11 is 0. The molecular weight excluding hydrogens is 362 g/mol. The summed E-state index contributed by atoms with van der Waals surface area (Å²) in [5, 5.41) is 4.75. The minimum Gasteiger partial charge on any atom is -0.496 e. The first-order valence-electron chi connectivity index (χ1n) is 8.41. The lowest BCUT2D eigenvalue weighted by atomic mass is 10.2. The highest BCUT2D eigenvalue weighted by Gasteiger charge is 2.19. The molecule has 0 aliphatic heterocycles. The molecule has 3 aromatic rings. The molecule has 0 saturated carbocycles. The Morgan fingerprint density at radius 3 is 2.36 bits per heavy atom. The van der Waals surface area contributed by atoms with Gasteiger partial charge in [-0.15, -0.1) is 0 Å². The number of methoxy groups -OCH3 is 4. The number of carbonyl (C=O) groups excluding carboxylic acids is 1. The van der Waals surface area contributed by atoms with Crippen molar-refractivity contribution < 1.29 is 23.7 Å². The van der Waals surface area contributed by atoms with E-state index in [9.17, 15) is 4.79 Å². The molecule has 8 heteroatoms. The van der Waals surface area contributed by atoms with Gasteiger partial charge in [0.25, 0.3) is 5.91 Å². The van der Waals surface area contributed by atoms with Crippen LogP contribution in [0.2, 0.25) is 0 Å². The fraction of sp³-hybridized carbons (Fsp3) is 0.200. The number of nitrogens with one attached hydrogen (secondary N) is 2. The smallest absolute Gasteiger partial charge is 0.287 e. The molecule has 0 bridgehead atoms. The zero-order valence-corrected chi connectivity index (χ0v) is 16.0. The third-order valence-corrected chi connectivity index (χ3v) is 4.17. The number of para-hydroxylation sites is 1. The van der Waals surface area contributed by atoms with E-state index in [1.807, 2.05) is 24.3 Å². The molecule has 1 heterocycles. The van der Waals surface area contributed by atoms with Gasteiger partial charge in [-0.3, -0.25) is 4.79 Å². The van der Waals surface area contributed by atoms with E-state index in [4.69, 9.17) is 18.9 Å². The van der Waals surface area contributed by atoms with Gasteiger partial charge in [0, 0.05) is 10.9 Å². The molecule has 0 unspecified atom stereocenters. The Morgan fingerprint density at radius 2 is 1.68 bits per heavy atom. The molecule has 1 amide bonds. The fourth-order valence-corrected chi connectivity index (χ4v) is 2.86. The third-order valence-electron chi connectivity index (χ3n) is 4.17. The fourth-order valence-electron chi connectivity index (χ4n) is 2.86. The molecule has 146 valence electrons. The molecular formula is C20H21N3O5. The third kappa shape index (κ3) is 3.57. The number of fused-ring (bicyclic) bond motifs is 1. The lowest BCUT2D eigenvalue weighted by Gasteiger charge is -2.12. The van der Waals surface area contributed by atoms with E-state index in [1.165, 1.54) is 27.5 Å². The lowest BCUT2D eigenvalue weighted by molar-refractivity contribution is 0.0951. The van der Waals surface area contributed by atoms with Gasteiger partial charge in [0.2, 0.25) is 5.75 Å². The average Bonchev–Trinajstić information content (AvgIpc) is 3.16. The Bertz CT molecular complexity index is 1030. The maximum absolute atomic E-state index is 12.5. The Hall–Kier alpha value is -3.68. The number of hydrogen-bond donors (Lipinski definition) is 2. The molecule has 28 heavy (non-hydrogen) atoms. The summed E-state index contributed by atoms with van der Waals surface area (Å²) in [6.45, 7) is 0. The average molecular weight is 383 g/mol. The van der Waals surface area contributed by atoms with Crippen LogP contribution in [0.5, 0.6) is 23.0 Å². The van der Waals surface area contributed by atoms with Gasteiger partial charge in [-0.25, -0.2) is 5.43 Å². The lowest BCUT2D eigenvalue weighted by Crippen LogP contribution is -2.17. The summed E-state index contributed by atoms with van der Waals surface area (Å²) in [4.78, 5) is 15.5. The van der Waals surface area contributed by atoms with Crippen molar-refractivity contribution in [1.29, 1.82) is 0 Å². The number of hydrogen-bond acceptors (Lipinski definition) is 6. The number of aromatic nitrogens is 1. The molecule has 2 aromatic carbocycles. The maximum Gasteiger partial charge on any atom is 0.287 e. The van der Waals surface area contributed by atoms with Crippen LogP contribution >= 0.6 is 0 Å². The van der Waals surface area contributed by atoms with Crippen LogP contribution in [0.4, 0.5) is 0 Å². The van der Waals surface area contributed by atoms with Crippen LogP contribution in [0.15, 0.2) is 41.5 Å². The summed E-state index contributed by atoms with van der Waals surface area (Å²) in [7, 11) is 6.16. The van der Waals surface area contributed by atoms with Gasteiger partial charge in [0.05, 0.1) is 40.2 Å². The Balaban J connectivity index is 1.87. The summed E-state index contributed by atoms with van der Waals surface area (Å²) in [6.07, 6.45) is 1.52. The van der Waals surface area contributed by atoms with Crippen molar-refractivity contribution in [3.8, 4) is 23.0 Å². The van der Waals surface area contributed by atoms with Gasteiger partial charge in [0.1, 0.15) is 11.4 Å². The molecule has 0 atom stereocenters. The Labute approximate surface area is 162 Å². The van der Waals surface area contributed by atoms with Gasteiger partial charge < -0.3 is 23.9 Å². The Kier molecular flexibility index (Phi) is 5.69.